The number of anilines is 1. The lowest BCUT2D eigenvalue weighted by Gasteiger charge is -2.25. The van der Waals surface area contributed by atoms with Crippen LogP contribution in [0.5, 0.6) is 0 Å². The molecule has 0 unspecified atom stereocenters. The molecule has 0 amide bonds. The number of pyridine rings is 2. The average Bonchev–Trinajstić information content (AvgIpc) is 3.27. The van der Waals surface area contributed by atoms with E-state index >= 15 is 0 Å². The highest BCUT2D eigenvalue weighted by molar-refractivity contribution is 5.81. The van der Waals surface area contributed by atoms with E-state index < -0.39 is 5.60 Å². The minimum Gasteiger partial charge on any atom is -0.386 e. The van der Waals surface area contributed by atoms with Gasteiger partial charge in [-0.25, -0.2) is 4.98 Å². The van der Waals surface area contributed by atoms with Crippen molar-refractivity contribution in [2.45, 2.75) is 38.8 Å². The molecule has 2 aliphatic rings. The first-order valence-electron chi connectivity index (χ1n) is 11.2. The number of rotatable bonds is 6. The summed E-state index contributed by atoms with van der Waals surface area (Å²) in [6.45, 7) is 6.08. The Morgan fingerprint density at radius 1 is 1.18 bits per heavy atom. The van der Waals surface area contributed by atoms with Crippen LogP contribution in [0.4, 0.5) is 5.82 Å². The molecule has 9 heteroatoms. The van der Waals surface area contributed by atoms with Crippen LogP contribution in [0.1, 0.15) is 26.7 Å². The summed E-state index contributed by atoms with van der Waals surface area (Å²) in [5.74, 6) is 1.98. The number of aromatic nitrogens is 4. The molecule has 5 heterocycles. The number of hydrogen-bond donors (Lipinski definition) is 4. The van der Waals surface area contributed by atoms with Crippen LogP contribution in [0.15, 0.2) is 60.5 Å². The summed E-state index contributed by atoms with van der Waals surface area (Å²) in [7, 11) is 0. The summed E-state index contributed by atoms with van der Waals surface area (Å²) in [4.78, 5) is 9.32. The van der Waals surface area contributed by atoms with Crippen LogP contribution in [0.3, 0.4) is 0 Å². The van der Waals surface area contributed by atoms with Gasteiger partial charge in [-0.1, -0.05) is 0 Å². The summed E-state index contributed by atoms with van der Waals surface area (Å²) >= 11 is 0. The van der Waals surface area contributed by atoms with Crippen molar-refractivity contribution in [3.05, 3.63) is 60.5 Å². The van der Waals surface area contributed by atoms with Crippen molar-refractivity contribution < 1.29 is 9.84 Å². The van der Waals surface area contributed by atoms with Gasteiger partial charge >= 0.3 is 0 Å². The first kappa shape index (κ1) is 21.4. The van der Waals surface area contributed by atoms with Crippen molar-refractivity contribution in [2.75, 3.05) is 18.5 Å². The number of aliphatic hydroxyl groups is 1. The van der Waals surface area contributed by atoms with Crippen molar-refractivity contribution in [3.63, 3.8) is 0 Å². The van der Waals surface area contributed by atoms with E-state index in [-0.39, 0.29) is 0 Å². The number of nitrogens with zero attached hydrogens (tertiary/aromatic N) is 4. The molecule has 0 bridgehead atoms. The minimum absolute atomic E-state index is 0.612. The third kappa shape index (κ3) is 4.99. The third-order valence-corrected chi connectivity index (χ3v) is 5.99. The van der Waals surface area contributed by atoms with E-state index in [0.29, 0.717) is 17.6 Å². The van der Waals surface area contributed by atoms with Gasteiger partial charge in [0, 0.05) is 55.1 Å². The average molecular weight is 448 g/mol. The highest BCUT2D eigenvalue weighted by Gasteiger charge is 2.20. The van der Waals surface area contributed by atoms with Crippen LogP contribution < -0.4 is 16.2 Å². The van der Waals surface area contributed by atoms with Crippen molar-refractivity contribution in [1.82, 2.24) is 30.6 Å². The normalized spacial score (nSPS) is 17.2. The van der Waals surface area contributed by atoms with Gasteiger partial charge in [-0.15, -0.1) is 0 Å². The molecule has 0 aromatic carbocycles. The third-order valence-electron chi connectivity index (χ3n) is 5.99. The Labute approximate surface area is 192 Å². The van der Waals surface area contributed by atoms with E-state index in [4.69, 9.17) is 9.72 Å². The largest absolute Gasteiger partial charge is 0.386 e. The molecule has 4 N–H and O–H groups in total. The molecule has 1 fully saturated rings. The summed E-state index contributed by atoms with van der Waals surface area (Å²) in [5.41, 5.74) is 9.40. The fourth-order valence-electron chi connectivity index (χ4n) is 4.02. The SMILES string of the molecule is CC(C)(O)C1=CNNC(Nc2ccc3ncc(-c4cnn(CC5CCOCC5)c4)cc3n2)=C1. The Balaban J connectivity index is 1.34. The number of nitrogens with one attached hydrogen (secondary N) is 3. The molecular weight excluding hydrogens is 418 g/mol. The van der Waals surface area contributed by atoms with Gasteiger partial charge in [-0.2, -0.15) is 5.10 Å². The molecule has 3 aromatic heterocycles. The highest BCUT2D eigenvalue weighted by Crippen LogP contribution is 2.25. The maximum Gasteiger partial charge on any atom is 0.132 e. The van der Waals surface area contributed by atoms with E-state index in [1.165, 1.54) is 0 Å². The maximum atomic E-state index is 10.3. The zero-order valence-corrected chi connectivity index (χ0v) is 18.9. The summed E-state index contributed by atoms with van der Waals surface area (Å²) in [5, 5.41) is 18.1. The van der Waals surface area contributed by atoms with E-state index in [0.717, 1.165) is 60.3 Å². The zero-order valence-electron chi connectivity index (χ0n) is 18.9. The smallest absolute Gasteiger partial charge is 0.132 e. The quantitative estimate of drug-likeness (QED) is 0.457. The lowest BCUT2D eigenvalue weighted by atomic mass is 9.98. The molecule has 1 saturated heterocycles. The topological polar surface area (TPSA) is 109 Å². The maximum absolute atomic E-state index is 10.3. The first-order valence-corrected chi connectivity index (χ1v) is 11.2. The Hall–Kier alpha value is -3.43. The molecule has 2 aliphatic heterocycles. The number of hydrogen-bond acceptors (Lipinski definition) is 8. The van der Waals surface area contributed by atoms with Gasteiger partial charge in [0.05, 0.1) is 22.8 Å². The predicted molar refractivity (Wildman–Crippen MR) is 127 cm³/mol. The molecule has 0 saturated carbocycles. The van der Waals surface area contributed by atoms with E-state index in [1.807, 2.05) is 41.4 Å². The van der Waals surface area contributed by atoms with Crippen LogP contribution in [-0.4, -0.2) is 43.7 Å². The fourth-order valence-corrected chi connectivity index (χ4v) is 4.02. The standard InChI is InChI=1S/C24H29N7O2/c1-24(2,32)19-10-23(30-26-13-19)29-22-4-3-20-21(28-22)9-17(11-25-20)18-12-27-31(15-18)14-16-5-7-33-8-6-16/h3-4,9-13,15-16,26,30,32H,5-8,14H2,1-2H3,(H,28,29). The van der Waals surface area contributed by atoms with Crippen LogP contribution in [-0.2, 0) is 11.3 Å². The van der Waals surface area contributed by atoms with Gasteiger partial charge in [0.25, 0.3) is 0 Å². The van der Waals surface area contributed by atoms with Crippen molar-refractivity contribution in [2.24, 2.45) is 5.92 Å². The minimum atomic E-state index is -0.952. The van der Waals surface area contributed by atoms with Gasteiger partial charge in [-0.3, -0.25) is 15.1 Å². The number of fused-ring (bicyclic) bond motifs is 1. The first-order chi connectivity index (χ1) is 15.9. The molecule has 0 aliphatic carbocycles. The Morgan fingerprint density at radius 3 is 2.85 bits per heavy atom. The Morgan fingerprint density at radius 2 is 2.03 bits per heavy atom. The fraction of sp³-hybridized carbons (Fsp3) is 0.375. The summed E-state index contributed by atoms with van der Waals surface area (Å²) in [6, 6.07) is 5.85. The molecule has 0 spiro atoms. The number of hydrazine groups is 1. The molecule has 0 atom stereocenters. The second-order valence-electron chi connectivity index (χ2n) is 9.08. The summed E-state index contributed by atoms with van der Waals surface area (Å²) < 4.78 is 7.47. The van der Waals surface area contributed by atoms with E-state index in [2.05, 4.69) is 32.4 Å². The molecular formula is C24H29N7O2. The summed E-state index contributed by atoms with van der Waals surface area (Å²) in [6.07, 6.45) is 11.6. The molecule has 9 nitrogen and oxygen atoms in total. The van der Waals surface area contributed by atoms with Crippen LogP contribution in [0, 0.1) is 5.92 Å². The second-order valence-corrected chi connectivity index (χ2v) is 9.08. The predicted octanol–water partition coefficient (Wildman–Crippen LogP) is 2.94. The van der Waals surface area contributed by atoms with Crippen molar-refractivity contribution in [3.8, 4) is 11.1 Å². The van der Waals surface area contributed by atoms with E-state index in [9.17, 15) is 5.11 Å². The second kappa shape index (κ2) is 8.84. The Bertz CT molecular complexity index is 1200. The van der Waals surface area contributed by atoms with Crippen LogP contribution >= 0.6 is 0 Å². The molecule has 33 heavy (non-hydrogen) atoms. The van der Waals surface area contributed by atoms with Crippen LogP contribution in [0.2, 0.25) is 0 Å². The van der Waals surface area contributed by atoms with Gasteiger partial charge < -0.3 is 20.6 Å². The highest BCUT2D eigenvalue weighted by atomic mass is 16.5. The van der Waals surface area contributed by atoms with Crippen molar-refractivity contribution >= 4 is 16.9 Å². The lowest BCUT2D eigenvalue weighted by Crippen LogP contribution is -2.36. The number of ether oxygens (including phenoxy) is 1. The van der Waals surface area contributed by atoms with Gasteiger partial charge in [0.15, 0.2) is 0 Å². The zero-order chi connectivity index (χ0) is 22.8. The molecule has 172 valence electrons. The lowest BCUT2D eigenvalue weighted by molar-refractivity contribution is 0.0601. The Kier molecular flexibility index (Phi) is 5.74. The van der Waals surface area contributed by atoms with Gasteiger partial charge in [0.2, 0.25) is 0 Å². The van der Waals surface area contributed by atoms with Crippen molar-refractivity contribution in [1.29, 1.82) is 0 Å². The van der Waals surface area contributed by atoms with E-state index in [1.54, 1.807) is 20.0 Å². The van der Waals surface area contributed by atoms with Crippen LogP contribution in [0.25, 0.3) is 22.2 Å². The van der Waals surface area contributed by atoms with Gasteiger partial charge in [0.1, 0.15) is 11.6 Å². The molecule has 5 rings (SSSR count). The molecule has 0 radical (unpaired) electrons. The monoisotopic (exact) mass is 447 g/mol. The van der Waals surface area contributed by atoms with Gasteiger partial charge in [-0.05, 0) is 56.9 Å². The molecule has 3 aromatic rings.